The number of halogens is 2. The van der Waals surface area contributed by atoms with E-state index in [0.29, 0.717) is 5.69 Å². The van der Waals surface area contributed by atoms with Gasteiger partial charge in [0.25, 0.3) is 0 Å². The Morgan fingerprint density at radius 3 is 3.00 bits per heavy atom. The number of fused-ring (bicyclic) bond motifs is 1. The van der Waals surface area contributed by atoms with Crippen LogP contribution in [0, 0.1) is 12.7 Å². The van der Waals surface area contributed by atoms with Gasteiger partial charge in [-0.2, -0.15) is 0 Å². The molecule has 100 valence electrons. The molecule has 0 radical (unpaired) electrons. The van der Waals surface area contributed by atoms with E-state index >= 15 is 0 Å². The van der Waals surface area contributed by atoms with Crippen molar-refractivity contribution in [1.82, 2.24) is 0 Å². The SMILES string of the molecule is Cc1ccc(NC2CCCc3sc(Br)cc32)c(F)c1. The third-order valence-corrected chi connectivity index (χ3v) is 5.25. The monoisotopic (exact) mass is 339 g/mol. The van der Waals surface area contributed by atoms with Crippen molar-refractivity contribution in [2.24, 2.45) is 0 Å². The molecule has 1 aliphatic rings. The molecule has 2 aromatic rings. The molecule has 4 heteroatoms. The van der Waals surface area contributed by atoms with E-state index in [4.69, 9.17) is 0 Å². The summed E-state index contributed by atoms with van der Waals surface area (Å²) in [6.07, 6.45) is 3.36. The lowest BCUT2D eigenvalue weighted by Crippen LogP contribution is -2.16. The van der Waals surface area contributed by atoms with E-state index in [1.807, 2.05) is 19.1 Å². The molecule has 1 aromatic carbocycles. The number of rotatable bonds is 2. The fourth-order valence-corrected chi connectivity index (χ4v) is 4.42. The fraction of sp³-hybridized carbons (Fsp3) is 0.333. The van der Waals surface area contributed by atoms with Crippen molar-refractivity contribution in [2.75, 3.05) is 5.32 Å². The number of hydrogen-bond acceptors (Lipinski definition) is 2. The van der Waals surface area contributed by atoms with E-state index in [9.17, 15) is 4.39 Å². The second kappa shape index (κ2) is 5.25. The Labute approximate surface area is 125 Å². The lowest BCUT2D eigenvalue weighted by molar-refractivity contribution is 0.592. The van der Waals surface area contributed by atoms with Crippen LogP contribution in [-0.4, -0.2) is 0 Å². The Bertz CT molecular complexity index is 608. The molecule has 0 spiro atoms. The molecule has 1 nitrogen and oxygen atoms in total. The average Bonchev–Trinajstić information content (AvgIpc) is 2.74. The van der Waals surface area contributed by atoms with Crippen LogP contribution in [0.25, 0.3) is 0 Å². The topological polar surface area (TPSA) is 12.0 Å². The zero-order chi connectivity index (χ0) is 13.4. The summed E-state index contributed by atoms with van der Waals surface area (Å²) < 4.78 is 15.1. The molecule has 1 heterocycles. The standard InChI is InChI=1S/C15H15BrFNS/c1-9-5-6-13(11(17)7-9)18-12-3-2-4-14-10(12)8-15(16)19-14/h5-8,12,18H,2-4H2,1H3. The summed E-state index contributed by atoms with van der Waals surface area (Å²) in [5.41, 5.74) is 2.87. The van der Waals surface area contributed by atoms with Gasteiger partial charge in [0.05, 0.1) is 15.5 Å². The van der Waals surface area contributed by atoms with Gasteiger partial charge in [-0.25, -0.2) is 4.39 Å². The molecule has 19 heavy (non-hydrogen) atoms. The maximum Gasteiger partial charge on any atom is 0.146 e. The largest absolute Gasteiger partial charge is 0.376 e. The minimum absolute atomic E-state index is 0.165. The predicted octanol–water partition coefficient (Wildman–Crippen LogP) is 5.45. The van der Waals surface area contributed by atoms with Crippen molar-refractivity contribution in [2.45, 2.75) is 32.2 Å². The Hall–Kier alpha value is -0.870. The van der Waals surface area contributed by atoms with E-state index in [1.54, 1.807) is 17.4 Å². The van der Waals surface area contributed by atoms with Gasteiger partial charge in [-0.1, -0.05) is 6.07 Å². The third kappa shape index (κ3) is 2.70. The second-order valence-electron chi connectivity index (χ2n) is 5.00. The van der Waals surface area contributed by atoms with Crippen LogP contribution >= 0.6 is 27.3 Å². The van der Waals surface area contributed by atoms with Crippen molar-refractivity contribution < 1.29 is 4.39 Å². The molecule has 0 bridgehead atoms. The van der Waals surface area contributed by atoms with Crippen molar-refractivity contribution in [1.29, 1.82) is 0 Å². The first kappa shape index (κ1) is 13.1. The van der Waals surface area contributed by atoms with Gasteiger partial charge in [-0.15, -0.1) is 11.3 Å². The van der Waals surface area contributed by atoms with Crippen LogP contribution in [0.5, 0.6) is 0 Å². The summed E-state index contributed by atoms with van der Waals surface area (Å²) in [7, 11) is 0. The highest BCUT2D eigenvalue weighted by Gasteiger charge is 2.23. The quantitative estimate of drug-likeness (QED) is 0.767. The van der Waals surface area contributed by atoms with Crippen molar-refractivity contribution in [3.63, 3.8) is 0 Å². The number of anilines is 1. The van der Waals surface area contributed by atoms with Crippen LogP contribution in [0.1, 0.15) is 34.9 Å². The number of benzene rings is 1. The van der Waals surface area contributed by atoms with Crippen LogP contribution in [0.3, 0.4) is 0 Å². The zero-order valence-electron chi connectivity index (χ0n) is 10.7. The number of thiophene rings is 1. The second-order valence-corrected chi connectivity index (χ2v) is 7.52. The summed E-state index contributed by atoms with van der Waals surface area (Å²) in [5.74, 6) is -0.165. The van der Waals surface area contributed by atoms with E-state index in [0.717, 1.165) is 28.6 Å². The summed E-state index contributed by atoms with van der Waals surface area (Å²) in [5, 5.41) is 3.36. The molecule has 0 fully saturated rings. The van der Waals surface area contributed by atoms with Crippen LogP contribution < -0.4 is 5.32 Å². The van der Waals surface area contributed by atoms with Gasteiger partial charge in [-0.3, -0.25) is 0 Å². The molecule has 0 aliphatic heterocycles. The van der Waals surface area contributed by atoms with Gasteiger partial charge >= 0.3 is 0 Å². The van der Waals surface area contributed by atoms with Gasteiger partial charge in [0, 0.05) is 4.88 Å². The van der Waals surface area contributed by atoms with Crippen LogP contribution in [0.2, 0.25) is 0 Å². The molecular weight excluding hydrogens is 325 g/mol. The summed E-state index contributed by atoms with van der Waals surface area (Å²) >= 11 is 5.34. The molecule has 1 unspecified atom stereocenters. The highest BCUT2D eigenvalue weighted by molar-refractivity contribution is 9.11. The normalized spacial score (nSPS) is 18.2. The minimum atomic E-state index is -0.165. The first-order chi connectivity index (χ1) is 9.13. The molecular formula is C15H15BrFNS. The number of nitrogens with one attached hydrogen (secondary N) is 1. The predicted molar refractivity (Wildman–Crippen MR) is 82.5 cm³/mol. The van der Waals surface area contributed by atoms with Crippen molar-refractivity contribution in [3.05, 3.63) is 49.9 Å². The third-order valence-electron chi connectivity index (χ3n) is 3.54. The van der Waals surface area contributed by atoms with Gasteiger partial charge in [0.1, 0.15) is 5.82 Å². The molecule has 1 atom stereocenters. The maximum atomic E-state index is 13.9. The first-order valence-electron chi connectivity index (χ1n) is 6.44. The summed E-state index contributed by atoms with van der Waals surface area (Å²) in [6, 6.07) is 7.75. The van der Waals surface area contributed by atoms with Crippen molar-refractivity contribution in [3.8, 4) is 0 Å². The lowest BCUT2D eigenvalue weighted by Gasteiger charge is -2.25. The molecule has 3 rings (SSSR count). The lowest BCUT2D eigenvalue weighted by atomic mass is 9.94. The average molecular weight is 340 g/mol. The van der Waals surface area contributed by atoms with Gasteiger partial charge < -0.3 is 5.32 Å². The first-order valence-corrected chi connectivity index (χ1v) is 8.05. The summed E-state index contributed by atoms with van der Waals surface area (Å²) in [6.45, 7) is 1.90. The zero-order valence-corrected chi connectivity index (χ0v) is 13.1. The van der Waals surface area contributed by atoms with E-state index in [2.05, 4.69) is 27.3 Å². The van der Waals surface area contributed by atoms with E-state index in [-0.39, 0.29) is 11.9 Å². The van der Waals surface area contributed by atoms with Crippen LogP contribution in [0.4, 0.5) is 10.1 Å². The van der Waals surface area contributed by atoms with Crippen LogP contribution in [-0.2, 0) is 6.42 Å². The summed E-state index contributed by atoms with van der Waals surface area (Å²) in [4.78, 5) is 1.42. The minimum Gasteiger partial charge on any atom is -0.376 e. The molecule has 1 aliphatic carbocycles. The smallest absolute Gasteiger partial charge is 0.146 e. The van der Waals surface area contributed by atoms with Crippen LogP contribution in [0.15, 0.2) is 28.1 Å². The fourth-order valence-electron chi connectivity index (χ4n) is 2.60. The maximum absolute atomic E-state index is 13.9. The Balaban J connectivity index is 1.88. The molecule has 1 aromatic heterocycles. The Morgan fingerprint density at radius 1 is 1.37 bits per heavy atom. The Kier molecular flexibility index (Phi) is 3.63. The highest BCUT2D eigenvalue weighted by atomic mass is 79.9. The highest BCUT2D eigenvalue weighted by Crippen LogP contribution is 2.39. The van der Waals surface area contributed by atoms with Gasteiger partial charge in [0.15, 0.2) is 0 Å². The molecule has 1 N–H and O–H groups in total. The molecule has 0 saturated carbocycles. The van der Waals surface area contributed by atoms with Gasteiger partial charge in [0.2, 0.25) is 0 Å². The number of aryl methyl sites for hydroxylation is 2. The van der Waals surface area contributed by atoms with E-state index < -0.39 is 0 Å². The molecule has 0 saturated heterocycles. The van der Waals surface area contributed by atoms with E-state index in [1.165, 1.54) is 10.4 Å². The number of hydrogen-bond donors (Lipinski definition) is 1. The van der Waals surface area contributed by atoms with Crippen molar-refractivity contribution >= 4 is 33.0 Å². The van der Waals surface area contributed by atoms with Gasteiger partial charge in [-0.05, 0) is 71.4 Å². The Morgan fingerprint density at radius 2 is 2.21 bits per heavy atom. The molecule has 0 amide bonds.